The zero-order valence-corrected chi connectivity index (χ0v) is 12.2. The van der Waals surface area contributed by atoms with Gasteiger partial charge in [0.2, 0.25) is 0 Å². The van der Waals surface area contributed by atoms with Crippen molar-refractivity contribution in [3.63, 3.8) is 0 Å². The number of amides is 1. The average Bonchev–Trinajstić information content (AvgIpc) is 2.38. The Morgan fingerprint density at radius 3 is 2.37 bits per heavy atom. The number of hydrogen-bond acceptors (Lipinski definition) is 3. The third-order valence-electron chi connectivity index (χ3n) is 3.27. The van der Waals surface area contributed by atoms with E-state index < -0.39 is 5.60 Å². The van der Waals surface area contributed by atoms with E-state index in [0.717, 1.165) is 39.0 Å². The molecule has 0 bridgehead atoms. The van der Waals surface area contributed by atoms with Crippen molar-refractivity contribution in [3.05, 3.63) is 23.9 Å². The van der Waals surface area contributed by atoms with Crippen LogP contribution in [0.3, 0.4) is 0 Å². The van der Waals surface area contributed by atoms with E-state index in [1.54, 1.807) is 4.90 Å². The fourth-order valence-electron chi connectivity index (χ4n) is 2.31. The molecular weight excluding hydrogens is 240 g/mol. The lowest BCUT2D eigenvalue weighted by Gasteiger charge is -2.37. The van der Waals surface area contributed by atoms with Gasteiger partial charge in [0, 0.05) is 31.9 Å². The van der Waals surface area contributed by atoms with Gasteiger partial charge in [-0.05, 0) is 39.7 Å². The fraction of sp³-hybridized carbons (Fsp3) is 0.667. The van der Waals surface area contributed by atoms with Crippen molar-refractivity contribution >= 4 is 6.09 Å². The molecule has 4 nitrogen and oxygen atoms in total. The van der Waals surface area contributed by atoms with Crippen LogP contribution in [0.25, 0.3) is 0 Å². The molecular formula is C15H24N2O2. The van der Waals surface area contributed by atoms with E-state index in [0.29, 0.717) is 0 Å². The first kappa shape index (κ1) is 14.0. The Kier molecular flexibility index (Phi) is 4.17. The number of carbonyl (C=O) groups is 1. The summed E-state index contributed by atoms with van der Waals surface area (Å²) in [6.45, 7) is 8.95. The minimum Gasteiger partial charge on any atom is -0.444 e. The first-order chi connectivity index (χ1) is 8.96. The van der Waals surface area contributed by atoms with Crippen LogP contribution in [0.5, 0.6) is 0 Å². The molecule has 1 heterocycles. The van der Waals surface area contributed by atoms with Crippen molar-refractivity contribution in [2.24, 2.45) is 0 Å². The van der Waals surface area contributed by atoms with Crippen LogP contribution < -0.4 is 0 Å². The Labute approximate surface area is 115 Å². The summed E-state index contributed by atoms with van der Waals surface area (Å²) in [6, 6.07) is 0. The summed E-state index contributed by atoms with van der Waals surface area (Å²) >= 11 is 0. The molecule has 0 radical (unpaired) electrons. The number of hydrogen-bond donors (Lipinski definition) is 0. The van der Waals surface area contributed by atoms with Crippen molar-refractivity contribution in [1.29, 1.82) is 0 Å². The van der Waals surface area contributed by atoms with E-state index in [1.165, 1.54) is 5.70 Å². The highest BCUT2D eigenvalue weighted by Gasteiger charge is 2.26. The summed E-state index contributed by atoms with van der Waals surface area (Å²) in [4.78, 5) is 16.1. The number of piperazine rings is 1. The van der Waals surface area contributed by atoms with Gasteiger partial charge in [-0.2, -0.15) is 0 Å². The molecule has 0 aromatic carbocycles. The Hall–Kier alpha value is -1.45. The maximum absolute atomic E-state index is 12.0. The normalized spacial score (nSPS) is 20.3. The van der Waals surface area contributed by atoms with Crippen LogP contribution in [0.2, 0.25) is 0 Å². The van der Waals surface area contributed by atoms with Crippen molar-refractivity contribution in [2.45, 2.75) is 39.2 Å². The minimum absolute atomic E-state index is 0.194. The van der Waals surface area contributed by atoms with E-state index in [2.05, 4.69) is 23.1 Å². The van der Waals surface area contributed by atoms with Gasteiger partial charge in [0.25, 0.3) is 0 Å². The molecule has 0 aromatic rings. The van der Waals surface area contributed by atoms with E-state index in [9.17, 15) is 4.79 Å². The molecule has 0 atom stereocenters. The topological polar surface area (TPSA) is 32.8 Å². The quantitative estimate of drug-likeness (QED) is 0.730. The molecule has 2 aliphatic rings. The third-order valence-corrected chi connectivity index (χ3v) is 3.27. The molecule has 2 rings (SSSR count). The maximum atomic E-state index is 12.0. The molecule has 19 heavy (non-hydrogen) atoms. The summed E-state index contributed by atoms with van der Waals surface area (Å²) in [5.41, 5.74) is 0.887. The number of nitrogens with zero attached hydrogens (tertiary/aromatic N) is 2. The molecule has 0 unspecified atom stereocenters. The molecule has 1 saturated heterocycles. The van der Waals surface area contributed by atoms with Gasteiger partial charge in [-0.1, -0.05) is 12.2 Å². The third kappa shape index (κ3) is 4.01. The maximum Gasteiger partial charge on any atom is 0.410 e. The van der Waals surface area contributed by atoms with E-state index in [-0.39, 0.29) is 6.09 Å². The monoisotopic (exact) mass is 264 g/mol. The van der Waals surface area contributed by atoms with Gasteiger partial charge < -0.3 is 14.5 Å². The Bertz CT molecular complexity index is 385. The van der Waals surface area contributed by atoms with Gasteiger partial charge in [0.05, 0.1) is 0 Å². The Balaban J connectivity index is 1.84. The molecule has 0 spiro atoms. The summed E-state index contributed by atoms with van der Waals surface area (Å²) < 4.78 is 5.40. The van der Waals surface area contributed by atoms with E-state index >= 15 is 0 Å². The van der Waals surface area contributed by atoms with Crippen LogP contribution in [0.15, 0.2) is 23.9 Å². The standard InChI is InChI=1S/C15H24N2O2/c1-15(2,3)19-14(18)17-11-9-16(10-12-17)13-7-5-4-6-8-13/h5,7-8H,4,6,9-12H2,1-3H3. The smallest absolute Gasteiger partial charge is 0.410 e. The average molecular weight is 264 g/mol. The van der Waals surface area contributed by atoms with Gasteiger partial charge in [-0.25, -0.2) is 4.79 Å². The number of ether oxygens (including phenoxy) is 1. The van der Waals surface area contributed by atoms with E-state index in [1.807, 2.05) is 20.8 Å². The van der Waals surface area contributed by atoms with Crippen LogP contribution in [0.1, 0.15) is 33.6 Å². The first-order valence-electron chi connectivity index (χ1n) is 7.05. The van der Waals surface area contributed by atoms with Crippen LogP contribution in [-0.4, -0.2) is 47.7 Å². The molecule has 1 amide bonds. The number of rotatable bonds is 1. The molecule has 1 aliphatic heterocycles. The molecule has 106 valence electrons. The summed E-state index contributed by atoms with van der Waals surface area (Å²) in [5, 5.41) is 0. The zero-order chi connectivity index (χ0) is 13.9. The second kappa shape index (κ2) is 5.68. The molecule has 4 heteroatoms. The van der Waals surface area contributed by atoms with Crippen molar-refractivity contribution < 1.29 is 9.53 Å². The van der Waals surface area contributed by atoms with Crippen LogP contribution in [0, 0.1) is 0 Å². The lowest BCUT2D eigenvalue weighted by molar-refractivity contribution is 0.0171. The lowest BCUT2D eigenvalue weighted by Crippen LogP contribution is -2.49. The highest BCUT2D eigenvalue weighted by Crippen LogP contribution is 2.17. The van der Waals surface area contributed by atoms with Gasteiger partial charge in [0.1, 0.15) is 5.60 Å². The summed E-state index contributed by atoms with van der Waals surface area (Å²) in [7, 11) is 0. The van der Waals surface area contributed by atoms with Crippen molar-refractivity contribution in [2.75, 3.05) is 26.2 Å². The lowest BCUT2D eigenvalue weighted by atomic mass is 10.1. The Morgan fingerprint density at radius 2 is 1.84 bits per heavy atom. The highest BCUT2D eigenvalue weighted by atomic mass is 16.6. The van der Waals surface area contributed by atoms with Crippen LogP contribution >= 0.6 is 0 Å². The predicted molar refractivity (Wildman–Crippen MR) is 75.8 cm³/mol. The second-order valence-electron chi connectivity index (χ2n) is 6.06. The molecule has 1 fully saturated rings. The van der Waals surface area contributed by atoms with Gasteiger partial charge in [0.15, 0.2) is 0 Å². The molecule has 1 aliphatic carbocycles. The largest absolute Gasteiger partial charge is 0.444 e. The fourth-order valence-corrected chi connectivity index (χ4v) is 2.31. The van der Waals surface area contributed by atoms with Gasteiger partial charge >= 0.3 is 6.09 Å². The van der Waals surface area contributed by atoms with Gasteiger partial charge in [-0.15, -0.1) is 0 Å². The van der Waals surface area contributed by atoms with Gasteiger partial charge in [-0.3, -0.25) is 0 Å². The highest BCUT2D eigenvalue weighted by molar-refractivity contribution is 5.68. The first-order valence-corrected chi connectivity index (χ1v) is 7.05. The Morgan fingerprint density at radius 1 is 1.16 bits per heavy atom. The SMILES string of the molecule is CC(C)(C)OC(=O)N1CCN(C2=CCCC=C2)CC1. The van der Waals surface area contributed by atoms with Crippen LogP contribution in [0.4, 0.5) is 4.79 Å². The van der Waals surface area contributed by atoms with Crippen molar-refractivity contribution in [3.8, 4) is 0 Å². The summed E-state index contributed by atoms with van der Waals surface area (Å²) in [5.74, 6) is 0. The molecule has 0 N–H and O–H groups in total. The van der Waals surface area contributed by atoms with Crippen LogP contribution in [-0.2, 0) is 4.74 Å². The number of allylic oxidation sites excluding steroid dienone is 3. The number of carbonyl (C=O) groups excluding carboxylic acids is 1. The second-order valence-corrected chi connectivity index (χ2v) is 6.06. The molecule has 0 aromatic heterocycles. The summed E-state index contributed by atoms with van der Waals surface area (Å²) in [6.07, 6.45) is 8.76. The molecule has 0 saturated carbocycles. The van der Waals surface area contributed by atoms with Crippen molar-refractivity contribution in [1.82, 2.24) is 9.80 Å². The minimum atomic E-state index is -0.414. The zero-order valence-electron chi connectivity index (χ0n) is 12.2. The predicted octanol–water partition coefficient (Wildman–Crippen LogP) is 2.77. The van der Waals surface area contributed by atoms with E-state index in [4.69, 9.17) is 4.74 Å².